The van der Waals surface area contributed by atoms with Gasteiger partial charge in [0.1, 0.15) is 5.75 Å². The quantitative estimate of drug-likeness (QED) is 0.565. The summed E-state index contributed by atoms with van der Waals surface area (Å²) in [4.78, 5) is 0. The molecular weight excluding hydrogens is 186 g/mol. The number of methoxy groups -OCH3 is 1. The molecule has 0 heterocycles. The van der Waals surface area contributed by atoms with Crippen LogP contribution in [-0.4, -0.2) is 13.7 Å². The molecule has 0 saturated carbocycles. The van der Waals surface area contributed by atoms with Gasteiger partial charge in [-0.2, -0.15) is 0 Å². The summed E-state index contributed by atoms with van der Waals surface area (Å²) in [5.74, 6) is 3.52. The molecule has 1 rings (SSSR count). The lowest BCUT2D eigenvalue weighted by atomic mass is 10.2. The molecule has 0 amide bonds. The molecule has 0 atom stereocenters. The summed E-state index contributed by atoms with van der Waals surface area (Å²) >= 11 is 0. The SMILES string of the molecule is C#CCCCNCc1ccc(OC)cc1. The molecule has 0 aromatic heterocycles. The van der Waals surface area contributed by atoms with Crippen LogP contribution in [0.4, 0.5) is 0 Å². The van der Waals surface area contributed by atoms with E-state index in [1.54, 1.807) is 7.11 Å². The molecule has 1 aromatic carbocycles. The maximum absolute atomic E-state index is 5.16. The number of hydrogen-bond donors (Lipinski definition) is 1. The van der Waals surface area contributed by atoms with E-state index in [-0.39, 0.29) is 0 Å². The summed E-state index contributed by atoms with van der Waals surface area (Å²) < 4.78 is 5.08. The zero-order valence-corrected chi connectivity index (χ0v) is 9.12. The van der Waals surface area contributed by atoms with Crippen LogP contribution >= 0.6 is 0 Å². The second-order valence-corrected chi connectivity index (χ2v) is 3.33. The number of unbranched alkanes of at least 4 members (excludes halogenated alkanes) is 1. The maximum atomic E-state index is 5.16. The van der Waals surface area contributed by atoms with Gasteiger partial charge in [0.25, 0.3) is 0 Å². The Morgan fingerprint density at radius 1 is 1.33 bits per heavy atom. The Labute approximate surface area is 91.6 Å². The Morgan fingerprint density at radius 2 is 2.07 bits per heavy atom. The molecule has 0 aliphatic rings. The average molecular weight is 203 g/mol. The fraction of sp³-hybridized carbons (Fsp3) is 0.385. The van der Waals surface area contributed by atoms with Crippen molar-refractivity contribution in [3.05, 3.63) is 29.8 Å². The zero-order chi connectivity index (χ0) is 10.9. The highest BCUT2D eigenvalue weighted by atomic mass is 16.5. The number of nitrogens with one attached hydrogen (secondary N) is 1. The Balaban J connectivity index is 2.23. The molecule has 2 heteroatoms. The van der Waals surface area contributed by atoms with Gasteiger partial charge in [-0.15, -0.1) is 12.3 Å². The van der Waals surface area contributed by atoms with E-state index in [1.807, 2.05) is 12.1 Å². The van der Waals surface area contributed by atoms with Crippen LogP contribution in [0.25, 0.3) is 0 Å². The second kappa shape index (κ2) is 6.92. The number of benzene rings is 1. The van der Waals surface area contributed by atoms with Gasteiger partial charge < -0.3 is 10.1 Å². The lowest BCUT2D eigenvalue weighted by Crippen LogP contribution is -2.14. The average Bonchev–Trinajstić information content (AvgIpc) is 2.30. The molecule has 15 heavy (non-hydrogen) atoms. The Kier molecular flexibility index (Phi) is 5.35. The normalized spacial score (nSPS) is 9.60. The Morgan fingerprint density at radius 3 is 2.67 bits per heavy atom. The van der Waals surface area contributed by atoms with E-state index in [2.05, 4.69) is 23.4 Å². The minimum absolute atomic E-state index is 0.843. The van der Waals surface area contributed by atoms with E-state index in [1.165, 1.54) is 5.56 Å². The fourth-order valence-corrected chi connectivity index (χ4v) is 1.29. The summed E-state index contributed by atoms with van der Waals surface area (Å²) in [7, 11) is 1.67. The topological polar surface area (TPSA) is 21.3 Å². The van der Waals surface area contributed by atoms with E-state index in [4.69, 9.17) is 11.2 Å². The predicted molar refractivity (Wildman–Crippen MR) is 62.8 cm³/mol. The lowest BCUT2D eigenvalue weighted by molar-refractivity contribution is 0.414. The van der Waals surface area contributed by atoms with Crippen molar-refractivity contribution in [2.24, 2.45) is 0 Å². The first kappa shape index (κ1) is 11.6. The summed E-state index contributed by atoms with van der Waals surface area (Å²) in [6.45, 7) is 1.85. The Hall–Kier alpha value is -1.46. The van der Waals surface area contributed by atoms with Gasteiger partial charge in [-0.1, -0.05) is 12.1 Å². The first-order valence-corrected chi connectivity index (χ1v) is 5.14. The molecule has 0 radical (unpaired) electrons. The van der Waals surface area contributed by atoms with Crippen molar-refractivity contribution in [2.45, 2.75) is 19.4 Å². The Bertz CT molecular complexity index is 310. The van der Waals surface area contributed by atoms with Crippen molar-refractivity contribution < 1.29 is 4.74 Å². The summed E-state index contributed by atoms with van der Waals surface area (Å²) in [5.41, 5.74) is 1.26. The minimum Gasteiger partial charge on any atom is -0.497 e. The van der Waals surface area contributed by atoms with Crippen molar-refractivity contribution in [3.8, 4) is 18.1 Å². The van der Waals surface area contributed by atoms with Crippen molar-refractivity contribution in [3.63, 3.8) is 0 Å². The van der Waals surface area contributed by atoms with Crippen molar-refractivity contribution in [2.75, 3.05) is 13.7 Å². The highest BCUT2D eigenvalue weighted by Gasteiger charge is 1.93. The summed E-state index contributed by atoms with van der Waals surface area (Å²) in [6, 6.07) is 8.07. The summed E-state index contributed by atoms with van der Waals surface area (Å²) in [5, 5.41) is 3.34. The molecule has 2 nitrogen and oxygen atoms in total. The van der Waals surface area contributed by atoms with E-state index >= 15 is 0 Å². The van der Waals surface area contributed by atoms with E-state index in [0.717, 1.165) is 31.7 Å². The van der Waals surface area contributed by atoms with E-state index in [9.17, 15) is 0 Å². The van der Waals surface area contributed by atoms with Gasteiger partial charge in [-0.25, -0.2) is 0 Å². The molecule has 0 spiro atoms. The van der Waals surface area contributed by atoms with Gasteiger partial charge in [0, 0.05) is 13.0 Å². The van der Waals surface area contributed by atoms with Crippen LogP contribution in [-0.2, 0) is 6.54 Å². The summed E-state index contributed by atoms with van der Waals surface area (Å²) in [6.07, 6.45) is 7.04. The van der Waals surface area contributed by atoms with Crippen LogP contribution in [0.2, 0.25) is 0 Å². The first-order valence-electron chi connectivity index (χ1n) is 5.14. The van der Waals surface area contributed by atoms with Crippen LogP contribution in [0, 0.1) is 12.3 Å². The van der Waals surface area contributed by atoms with Crippen molar-refractivity contribution in [1.82, 2.24) is 5.32 Å². The molecule has 0 unspecified atom stereocenters. The van der Waals surface area contributed by atoms with Gasteiger partial charge in [-0.05, 0) is 30.7 Å². The first-order chi connectivity index (χ1) is 7.36. The third-order valence-corrected chi connectivity index (χ3v) is 2.16. The minimum atomic E-state index is 0.843. The standard InChI is InChI=1S/C13H17NO/c1-3-4-5-10-14-11-12-6-8-13(15-2)9-7-12/h1,6-9,14H,4-5,10-11H2,2H3. The van der Waals surface area contributed by atoms with Gasteiger partial charge in [-0.3, -0.25) is 0 Å². The van der Waals surface area contributed by atoms with E-state index in [0.29, 0.717) is 0 Å². The lowest BCUT2D eigenvalue weighted by Gasteiger charge is -2.04. The van der Waals surface area contributed by atoms with Crippen molar-refractivity contribution >= 4 is 0 Å². The van der Waals surface area contributed by atoms with Crippen molar-refractivity contribution in [1.29, 1.82) is 0 Å². The molecule has 0 fully saturated rings. The third kappa shape index (κ3) is 4.53. The zero-order valence-electron chi connectivity index (χ0n) is 9.12. The molecule has 80 valence electrons. The molecule has 0 aliphatic carbocycles. The van der Waals surface area contributed by atoms with Gasteiger partial charge in [0.15, 0.2) is 0 Å². The second-order valence-electron chi connectivity index (χ2n) is 3.33. The molecule has 1 aromatic rings. The van der Waals surface area contributed by atoms with Crippen LogP contribution < -0.4 is 10.1 Å². The fourth-order valence-electron chi connectivity index (χ4n) is 1.29. The van der Waals surface area contributed by atoms with Crippen LogP contribution in [0.1, 0.15) is 18.4 Å². The maximum Gasteiger partial charge on any atom is 0.118 e. The van der Waals surface area contributed by atoms with Crippen LogP contribution in [0.3, 0.4) is 0 Å². The van der Waals surface area contributed by atoms with Crippen LogP contribution in [0.5, 0.6) is 5.75 Å². The largest absolute Gasteiger partial charge is 0.497 e. The van der Waals surface area contributed by atoms with Gasteiger partial charge in [0.2, 0.25) is 0 Å². The number of rotatable bonds is 6. The smallest absolute Gasteiger partial charge is 0.118 e. The van der Waals surface area contributed by atoms with Gasteiger partial charge >= 0.3 is 0 Å². The van der Waals surface area contributed by atoms with E-state index < -0.39 is 0 Å². The molecular formula is C13H17NO. The number of ether oxygens (including phenoxy) is 1. The molecule has 0 bridgehead atoms. The van der Waals surface area contributed by atoms with Crippen LogP contribution in [0.15, 0.2) is 24.3 Å². The highest BCUT2D eigenvalue weighted by molar-refractivity contribution is 5.26. The molecule has 0 saturated heterocycles. The number of hydrogen-bond acceptors (Lipinski definition) is 2. The molecule has 1 N–H and O–H groups in total. The monoisotopic (exact) mass is 203 g/mol. The highest BCUT2D eigenvalue weighted by Crippen LogP contribution is 2.10. The predicted octanol–water partition coefficient (Wildman–Crippen LogP) is 2.20. The molecule has 0 aliphatic heterocycles. The number of terminal acetylenes is 1. The van der Waals surface area contributed by atoms with Gasteiger partial charge in [0.05, 0.1) is 7.11 Å². The third-order valence-electron chi connectivity index (χ3n) is 2.16.